The van der Waals surface area contributed by atoms with Gasteiger partial charge >= 0.3 is 6.03 Å². The summed E-state index contributed by atoms with van der Waals surface area (Å²) in [6, 6.07) is 21.1. The van der Waals surface area contributed by atoms with Gasteiger partial charge < -0.3 is 29.9 Å². The van der Waals surface area contributed by atoms with Crippen LogP contribution in [0, 0.1) is 12.8 Å². The van der Waals surface area contributed by atoms with E-state index < -0.39 is 6.17 Å². The number of amides is 4. The van der Waals surface area contributed by atoms with E-state index in [0.29, 0.717) is 61.4 Å². The van der Waals surface area contributed by atoms with E-state index in [2.05, 4.69) is 55.2 Å². The molecule has 6 heterocycles. The first-order valence-electron chi connectivity index (χ1n) is 21.1. The molecule has 0 radical (unpaired) electrons. The quantitative estimate of drug-likeness (QED) is 0.201. The molecule has 2 unspecified atom stereocenters. The number of nitrogens with two attached hydrogens (primary N) is 1. The first-order valence-corrected chi connectivity index (χ1v) is 21.1. The van der Waals surface area contributed by atoms with Gasteiger partial charge in [0.15, 0.2) is 0 Å². The zero-order valence-corrected chi connectivity index (χ0v) is 33.6. The van der Waals surface area contributed by atoms with Crippen molar-refractivity contribution in [3.05, 3.63) is 101 Å². The largest absolute Gasteiger partial charge is 0.507 e. The molecule has 3 atom stereocenters. The number of imide groups is 1. The number of hydrogen-bond donors (Lipinski definition) is 3. The number of nitrogens with one attached hydrogen (secondary N) is 1. The van der Waals surface area contributed by atoms with Crippen LogP contribution in [0.3, 0.4) is 0 Å². The van der Waals surface area contributed by atoms with Crippen molar-refractivity contribution in [1.29, 1.82) is 0 Å². The number of phenols is 1. The van der Waals surface area contributed by atoms with Crippen LogP contribution in [0.4, 0.5) is 10.5 Å². The van der Waals surface area contributed by atoms with E-state index in [4.69, 9.17) is 10.5 Å². The molecule has 0 bridgehead atoms. The Morgan fingerprint density at radius 1 is 0.949 bits per heavy atom. The average molecular weight is 800 g/mol. The molecule has 1 aromatic heterocycles. The Hall–Kier alpha value is -5.41. The van der Waals surface area contributed by atoms with Gasteiger partial charge in [-0.25, -0.2) is 4.79 Å². The Morgan fingerprint density at radius 3 is 2.54 bits per heavy atom. The number of carbonyl (C=O) groups is 3. The molecule has 4 saturated heterocycles. The Balaban J connectivity index is 0.763. The highest BCUT2D eigenvalue weighted by molar-refractivity contribution is 6.09. The Morgan fingerprint density at radius 2 is 1.76 bits per heavy atom. The molecule has 4 fully saturated rings. The molecule has 3 aromatic carbocycles. The number of anilines is 1. The van der Waals surface area contributed by atoms with Gasteiger partial charge in [-0.15, -0.1) is 0 Å². The van der Waals surface area contributed by atoms with Crippen LogP contribution in [0.25, 0.3) is 16.6 Å². The lowest BCUT2D eigenvalue weighted by atomic mass is 9.93. The van der Waals surface area contributed by atoms with Crippen LogP contribution in [0.2, 0.25) is 0 Å². The summed E-state index contributed by atoms with van der Waals surface area (Å²) in [6.45, 7) is 8.93. The number of aromatic nitrogens is 1. The number of morpholine rings is 1. The fraction of sp³-hybridized carbons (Fsp3) is 0.444. The number of piperidine rings is 2. The third kappa shape index (κ3) is 8.01. The van der Waals surface area contributed by atoms with Crippen molar-refractivity contribution in [2.75, 3.05) is 63.9 Å². The van der Waals surface area contributed by atoms with E-state index in [1.165, 1.54) is 0 Å². The third-order valence-corrected chi connectivity index (χ3v) is 13.0. The van der Waals surface area contributed by atoms with Gasteiger partial charge in [0.05, 0.1) is 35.7 Å². The molecule has 4 amide bonds. The number of azo groups is 1. The first-order chi connectivity index (χ1) is 28.7. The van der Waals surface area contributed by atoms with E-state index in [1.54, 1.807) is 17.0 Å². The molecule has 5 aliphatic heterocycles. The molecule has 0 spiro atoms. The maximum absolute atomic E-state index is 13.8. The third-order valence-electron chi connectivity index (χ3n) is 13.0. The number of aromatic hydroxyl groups is 1. The molecule has 308 valence electrons. The topological polar surface area (TPSA) is 161 Å². The summed E-state index contributed by atoms with van der Waals surface area (Å²) in [5, 5.41) is 22.5. The second-order valence-electron chi connectivity index (χ2n) is 16.6. The summed E-state index contributed by atoms with van der Waals surface area (Å²) in [4.78, 5) is 46.6. The van der Waals surface area contributed by atoms with Gasteiger partial charge in [-0.05, 0) is 98.2 Å². The molecular formula is C45H53N9O5. The summed E-state index contributed by atoms with van der Waals surface area (Å²) in [5.74, 6) is 0.574. The minimum Gasteiger partial charge on any atom is -0.507 e. The van der Waals surface area contributed by atoms with E-state index in [0.717, 1.165) is 86.1 Å². The van der Waals surface area contributed by atoms with Crippen molar-refractivity contribution in [3.8, 4) is 5.75 Å². The van der Waals surface area contributed by atoms with Crippen LogP contribution in [0.15, 0.2) is 89.2 Å². The number of fused-ring (bicyclic) bond motifs is 1. The van der Waals surface area contributed by atoms with E-state index in [1.807, 2.05) is 53.4 Å². The van der Waals surface area contributed by atoms with Crippen molar-refractivity contribution in [2.45, 2.75) is 63.4 Å². The molecule has 14 heteroatoms. The number of carbonyl (C=O) groups excluding carboxylic acids is 3. The number of likely N-dealkylation sites (tertiary alicyclic amines) is 2. The van der Waals surface area contributed by atoms with Crippen LogP contribution in [0.1, 0.15) is 71.3 Å². The van der Waals surface area contributed by atoms with Crippen molar-refractivity contribution in [2.24, 2.45) is 21.9 Å². The lowest BCUT2D eigenvalue weighted by molar-refractivity contribution is -0.120. The number of phenolic OH excluding ortho intramolecular Hbond substituents is 1. The summed E-state index contributed by atoms with van der Waals surface area (Å²) < 4.78 is 8.64. The second-order valence-corrected chi connectivity index (χ2v) is 16.6. The zero-order chi connectivity index (χ0) is 40.6. The number of rotatable bonds is 8. The molecule has 14 nitrogen and oxygen atoms in total. The predicted molar refractivity (Wildman–Crippen MR) is 225 cm³/mol. The molecule has 0 aliphatic carbocycles. The summed E-state index contributed by atoms with van der Waals surface area (Å²) in [5.41, 5.74) is 12.4. The molecule has 5 aliphatic rings. The molecule has 59 heavy (non-hydrogen) atoms. The van der Waals surface area contributed by atoms with Crippen molar-refractivity contribution >= 4 is 40.1 Å². The molecule has 0 saturated carbocycles. The highest BCUT2D eigenvalue weighted by atomic mass is 16.5. The number of benzene rings is 3. The number of ether oxygens (including phenoxy) is 1. The maximum atomic E-state index is 13.8. The maximum Gasteiger partial charge on any atom is 0.328 e. The lowest BCUT2D eigenvalue weighted by Gasteiger charge is -2.39. The van der Waals surface area contributed by atoms with Crippen LogP contribution >= 0.6 is 0 Å². The number of nitrogens with zero attached hydrogens (tertiary/aromatic N) is 7. The summed E-state index contributed by atoms with van der Waals surface area (Å²) >= 11 is 0. The normalized spacial score (nSPS) is 24.1. The van der Waals surface area contributed by atoms with Crippen LogP contribution < -0.4 is 16.0 Å². The standard InChI is InChI=1S/C45H53N9O5/c1-29-25-31(9-10-33(29)41-28-52(23-24-59-41)39-26-36(48-49-43(39)46)34-5-2-3-8-40(34)55)44(57)51-19-11-30(12-20-51)27-50-17-13-32(14-18-50)53-21-15-35-37(53)6-4-7-38(35)54-22-16-42(56)47-45(54)58/h2-10,15,21,25-26,30,32,39,41,43,55H,11-14,16-20,22-24,27-28,46H2,1H3,(H,47,56,58)/t39?,41-,43?/m1/s1. The highest BCUT2D eigenvalue weighted by Gasteiger charge is 2.34. The van der Waals surface area contributed by atoms with E-state index in [-0.39, 0.29) is 35.7 Å². The van der Waals surface area contributed by atoms with Gasteiger partial charge in [-0.2, -0.15) is 10.2 Å². The second kappa shape index (κ2) is 16.7. The SMILES string of the molecule is Cc1cc(C(=O)N2CCC(CN3CCC(n4ccc5c(N6CCC(=O)NC6=O)cccc54)CC3)CC2)ccc1[C@H]1CN(C2C=C(c3ccccc3O)N=NC2N)CCO1. The first kappa shape index (κ1) is 39.1. The molecule has 4 N–H and O–H groups in total. The lowest BCUT2D eigenvalue weighted by Crippen LogP contribution is -2.51. The van der Waals surface area contributed by atoms with Crippen LogP contribution in [0.5, 0.6) is 5.75 Å². The Kier molecular flexibility index (Phi) is 11.0. The van der Waals surface area contributed by atoms with Gasteiger partial charge in [-0.1, -0.05) is 24.3 Å². The molecule has 9 rings (SSSR count). The van der Waals surface area contributed by atoms with Gasteiger partial charge in [0.1, 0.15) is 11.9 Å². The van der Waals surface area contributed by atoms with E-state index >= 15 is 0 Å². The minimum absolute atomic E-state index is 0.0852. The van der Waals surface area contributed by atoms with Crippen molar-refractivity contribution in [1.82, 2.24) is 24.6 Å². The Bertz CT molecular complexity index is 2290. The zero-order valence-electron chi connectivity index (χ0n) is 33.6. The smallest absolute Gasteiger partial charge is 0.328 e. The van der Waals surface area contributed by atoms with Gasteiger partial charge in [0, 0.05) is 87.5 Å². The van der Waals surface area contributed by atoms with Crippen LogP contribution in [-0.4, -0.2) is 113 Å². The van der Waals surface area contributed by atoms with E-state index in [9.17, 15) is 19.5 Å². The minimum atomic E-state index is -0.527. The molecular weight excluding hydrogens is 747 g/mol. The fourth-order valence-electron chi connectivity index (χ4n) is 9.71. The fourth-order valence-corrected chi connectivity index (χ4v) is 9.71. The summed E-state index contributed by atoms with van der Waals surface area (Å²) in [7, 11) is 0. The molecule has 4 aromatic rings. The number of para-hydroxylation sites is 1. The van der Waals surface area contributed by atoms with Crippen molar-refractivity contribution in [3.63, 3.8) is 0 Å². The average Bonchev–Trinajstić information content (AvgIpc) is 3.69. The van der Waals surface area contributed by atoms with Crippen LogP contribution in [-0.2, 0) is 9.53 Å². The predicted octanol–water partition coefficient (Wildman–Crippen LogP) is 5.82. The van der Waals surface area contributed by atoms with Crippen molar-refractivity contribution < 1.29 is 24.2 Å². The number of aryl methyl sites for hydroxylation is 1. The number of hydrogen-bond acceptors (Lipinski definition) is 10. The van der Waals surface area contributed by atoms with Gasteiger partial charge in [0.2, 0.25) is 5.91 Å². The van der Waals surface area contributed by atoms with Gasteiger partial charge in [-0.3, -0.25) is 24.7 Å². The Labute approximate surface area is 344 Å². The highest BCUT2D eigenvalue weighted by Crippen LogP contribution is 2.36. The monoisotopic (exact) mass is 799 g/mol. The number of urea groups is 1. The van der Waals surface area contributed by atoms with Gasteiger partial charge in [0.25, 0.3) is 5.91 Å². The summed E-state index contributed by atoms with van der Waals surface area (Å²) in [6.07, 6.45) is 7.85.